The van der Waals surface area contributed by atoms with Gasteiger partial charge in [-0.05, 0) is 25.7 Å². The van der Waals surface area contributed by atoms with Crippen molar-refractivity contribution in [3.8, 4) is 5.88 Å². The maximum atomic E-state index is 8.96. The summed E-state index contributed by atoms with van der Waals surface area (Å²) in [5.41, 5.74) is 4.05. The first-order chi connectivity index (χ1) is 6.34. The highest BCUT2D eigenvalue weighted by molar-refractivity contribution is 7.13. The van der Waals surface area contributed by atoms with Crippen molar-refractivity contribution in [2.24, 2.45) is 5.10 Å². The number of nitrogens with one attached hydrogen (secondary N) is 1. The van der Waals surface area contributed by atoms with Gasteiger partial charge in [0.25, 0.3) is 0 Å². The Balaban J connectivity index is 1.95. The Morgan fingerprint density at radius 1 is 1.46 bits per heavy atom. The van der Waals surface area contributed by atoms with Crippen molar-refractivity contribution in [1.29, 1.82) is 0 Å². The molecule has 1 aromatic heterocycles. The fraction of sp³-hybridized carbons (Fsp3) is 0.500. The Hall–Kier alpha value is -1.10. The minimum absolute atomic E-state index is 0.0547. The standard InChI is InChI=1S/C8H11N3OS/c12-7-5-13-8(9-7)11-10-6-3-1-2-4-6/h5,12H,1-4H2,(H,9,11). The number of aromatic hydroxyl groups is 1. The molecule has 0 amide bonds. The molecule has 0 aromatic carbocycles. The third-order valence-electron chi connectivity index (χ3n) is 1.98. The van der Waals surface area contributed by atoms with E-state index in [-0.39, 0.29) is 5.88 Å². The maximum Gasteiger partial charge on any atom is 0.223 e. The molecule has 70 valence electrons. The second-order valence-corrected chi connectivity index (χ2v) is 3.87. The van der Waals surface area contributed by atoms with Gasteiger partial charge in [-0.15, -0.1) is 0 Å². The number of aromatic nitrogens is 1. The first kappa shape index (κ1) is 8.50. The normalized spacial score (nSPS) is 16.2. The summed E-state index contributed by atoms with van der Waals surface area (Å²) in [7, 11) is 0. The molecule has 13 heavy (non-hydrogen) atoms. The van der Waals surface area contributed by atoms with Gasteiger partial charge in [-0.3, -0.25) is 5.43 Å². The number of hydrogen-bond acceptors (Lipinski definition) is 5. The average Bonchev–Trinajstić information content (AvgIpc) is 2.71. The van der Waals surface area contributed by atoms with Crippen LogP contribution in [0.1, 0.15) is 25.7 Å². The molecule has 5 heteroatoms. The van der Waals surface area contributed by atoms with Crippen molar-refractivity contribution in [2.75, 3.05) is 5.43 Å². The van der Waals surface area contributed by atoms with Crippen LogP contribution in [0.3, 0.4) is 0 Å². The number of anilines is 1. The van der Waals surface area contributed by atoms with Gasteiger partial charge in [-0.1, -0.05) is 11.3 Å². The first-order valence-corrected chi connectivity index (χ1v) is 5.18. The molecule has 1 heterocycles. The van der Waals surface area contributed by atoms with E-state index in [0.29, 0.717) is 5.13 Å². The van der Waals surface area contributed by atoms with E-state index >= 15 is 0 Å². The van der Waals surface area contributed by atoms with Crippen molar-refractivity contribution < 1.29 is 5.11 Å². The van der Waals surface area contributed by atoms with Crippen LogP contribution in [0.4, 0.5) is 5.13 Å². The van der Waals surface area contributed by atoms with E-state index in [1.54, 1.807) is 5.38 Å². The molecule has 1 fully saturated rings. The lowest BCUT2D eigenvalue weighted by atomic mass is 10.3. The summed E-state index contributed by atoms with van der Waals surface area (Å²) in [4.78, 5) is 3.83. The zero-order valence-electron chi connectivity index (χ0n) is 7.16. The monoisotopic (exact) mass is 197 g/mol. The molecule has 4 nitrogen and oxygen atoms in total. The second kappa shape index (κ2) is 3.74. The van der Waals surface area contributed by atoms with Gasteiger partial charge in [-0.25, -0.2) is 0 Å². The minimum Gasteiger partial charge on any atom is -0.493 e. The third-order valence-corrected chi connectivity index (χ3v) is 2.72. The molecule has 0 spiro atoms. The number of hydrogen-bond donors (Lipinski definition) is 2. The molecule has 0 atom stereocenters. The van der Waals surface area contributed by atoms with Gasteiger partial charge in [0, 0.05) is 5.71 Å². The molecule has 1 saturated carbocycles. The Labute approximate surface area is 80.3 Å². The Kier molecular flexibility index (Phi) is 2.44. The smallest absolute Gasteiger partial charge is 0.223 e. The van der Waals surface area contributed by atoms with Gasteiger partial charge in [0.2, 0.25) is 11.0 Å². The SMILES string of the molecule is Oc1csc(NN=C2CCCC2)n1. The molecule has 1 aromatic rings. The van der Waals surface area contributed by atoms with E-state index in [1.165, 1.54) is 29.9 Å². The highest BCUT2D eigenvalue weighted by Crippen LogP contribution is 2.20. The van der Waals surface area contributed by atoms with Crippen LogP contribution in [0.25, 0.3) is 0 Å². The number of thiazole rings is 1. The Bertz CT molecular complexity index is 313. The molecule has 0 bridgehead atoms. The molecule has 1 aliphatic carbocycles. The molecular formula is C8H11N3OS. The summed E-state index contributed by atoms with van der Waals surface area (Å²) in [5.74, 6) is 0.0547. The highest BCUT2D eigenvalue weighted by Gasteiger charge is 2.07. The van der Waals surface area contributed by atoms with Crippen LogP contribution in [0, 0.1) is 0 Å². The molecule has 0 radical (unpaired) electrons. The predicted molar refractivity (Wildman–Crippen MR) is 53.3 cm³/mol. The summed E-state index contributed by atoms with van der Waals surface area (Å²) < 4.78 is 0. The van der Waals surface area contributed by atoms with Crippen molar-refractivity contribution in [3.63, 3.8) is 0 Å². The van der Waals surface area contributed by atoms with Gasteiger partial charge in [0.15, 0.2) is 0 Å². The van der Waals surface area contributed by atoms with Crippen molar-refractivity contribution in [1.82, 2.24) is 4.98 Å². The van der Waals surface area contributed by atoms with E-state index in [0.717, 1.165) is 12.8 Å². The zero-order chi connectivity index (χ0) is 9.10. The summed E-state index contributed by atoms with van der Waals surface area (Å²) in [5, 5.41) is 15.4. The molecule has 2 N–H and O–H groups in total. The summed E-state index contributed by atoms with van der Waals surface area (Å²) >= 11 is 1.35. The van der Waals surface area contributed by atoms with Crippen LogP contribution in [0.2, 0.25) is 0 Å². The van der Waals surface area contributed by atoms with E-state index in [4.69, 9.17) is 5.11 Å². The van der Waals surface area contributed by atoms with E-state index in [1.807, 2.05) is 0 Å². The molecule has 0 aliphatic heterocycles. The highest BCUT2D eigenvalue weighted by atomic mass is 32.1. The molecule has 2 rings (SSSR count). The van der Waals surface area contributed by atoms with Crippen molar-refractivity contribution in [2.45, 2.75) is 25.7 Å². The fourth-order valence-electron chi connectivity index (χ4n) is 1.34. The number of nitrogens with zero attached hydrogens (tertiary/aromatic N) is 2. The van der Waals surface area contributed by atoms with Crippen LogP contribution in [-0.2, 0) is 0 Å². The topological polar surface area (TPSA) is 57.5 Å². The van der Waals surface area contributed by atoms with Crippen molar-refractivity contribution >= 4 is 22.2 Å². The Morgan fingerprint density at radius 3 is 2.85 bits per heavy atom. The molecule has 1 aliphatic rings. The largest absolute Gasteiger partial charge is 0.493 e. The van der Waals surface area contributed by atoms with E-state index in [2.05, 4.69) is 15.5 Å². The lowest BCUT2D eigenvalue weighted by molar-refractivity contribution is 0.458. The molecule has 0 unspecified atom stereocenters. The average molecular weight is 197 g/mol. The molecule has 0 saturated heterocycles. The van der Waals surface area contributed by atoms with Crippen LogP contribution in [0.15, 0.2) is 10.5 Å². The zero-order valence-corrected chi connectivity index (χ0v) is 7.97. The van der Waals surface area contributed by atoms with E-state index < -0.39 is 0 Å². The maximum absolute atomic E-state index is 8.96. The first-order valence-electron chi connectivity index (χ1n) is 4.30. The fourth-order valence-corrected chi connectivity index (χ4v) is 1.85. The Morgan fingerprint density at radius 2 is 2.23 bits per heavy atom. The number of hydrazone groups is 1. The summed E-state index contributed by atoms with van der Waals surface area (Å²) in [6.07, 6.45) is 4.65. The van der Waals surface area contributed by atoms with Gasteiger partial charge >= 0.3 is 0 Å². The molecular weight excluding hydrogens is 186 g/mol. The van der Waals surface area contributed by atoms with Crippen molar-refractivity contribution in [3.05, 3.63) is 5.38 Å². The van der Waals surface area contributed by atoms with Crippen LogP contribution in [-0.4, -0.2) is 15.8 Å². The van der Waals surface area contributed by atoms with E-state index in [9.17, 15) is 0 Å². The van der Waals surface area contributed by atoms with Crippen LogP contribution in [0.5, 0.6) is 5.88 Å². The summed E-state index contributed by atoms with van der Waals surface area (Å²) in [6.45, 7) is 0. The lowest BCUT2D eigenvalue weighted by Gasteiger charge is -1.95. The number of rotatable bonds is 2. The lowest BCUT2D eigenvalue weighted by Crippen LogP contribution is -1.95. The summed E-state index contributed by atoms with van der Waals surface area (Å²) in [6, 6.07) is 0. The quantitative estimate of drug-likeness (QED) is 0.714. The van der Waals surface area contributed by atoms with Gasteiger partial charge in [-0.2, -0.15) is 10.1 Å². The second-order valence-electron chi connectivity index (χ2n) is 3.01. The minimum atomic E-state index is 0.0547. The third kappa shape index (κ3) is 2.18. The van der Waals surface area contributed by atoms with Crippen LogP contribution < -0.4 is 5.43 Å². The van der Waals surface area contributed by atoms with Gasteiger partial charge < -0.3 is 5.11 Å². The van der Waals surface area contributed by atoms with Gasteiger partial charge in [0.1, 0.15) is 0 Å². The van der Waals surface area contributed by atoms with Crippen LogP contribution >= 0.6 is 11.3 Å². The van der Waals surface area contributed by atoms with Gasteiger partial charge in [0.05, 0.1) is 5.38 Å². The predicted octanol–water partition coefficient (Wildman–Crippen LogP) is 2.19.